The molecule has 0 bridgehead atoms. The molecule has 2 spiro atoms. The van der Waals surface area contributed by atoms with E-state index in [1.807, 2.05) is 101 Å². The van der Waals surface area contributed by atoms with Crippen LogP contribution in [-0.4, -0.2) is 90.8 Å². The monoisotopic (exact) mass is 1120 g/mol. The van der Waals surface area contributed by atoms with E-state index in [9.17, 15) is 13.2 Å². The number of hydrogen-bond donors (Lipinski definition) is 4. The van der Waals surface area contributed by atoms with E-state index in [0.717, 1.165) is 107 Å². The number of piperidine rings is 2. The van der Waals surface area contributed by atoms with Crippen molar-refractivity contribution in [1.82, 2.24) is 38.2 Å². The van der Waals surface area contributed by atoms with Crippen molar-refractivity contribution in [3.05, 3.63) is 96.3 Å². The molecule has 2 aliphatic carbocycles. The van der Waals surface area contributed by atoms with Gasteiger partial charge in [-0.15, -0.1) is 0 Å². The summed E-state index contributed by atoms with van der Waals surface area (Å²) in [7, 11) is -2.11. The van der Waals surface area contributed by atoms with Crippen molar-refractivity contribution in [2.45, 2.75) is 147 Å². The highest BCUT2D eigenvalue weighted by Gasteiger charge is 2.48. The molecule has 5 N–H and O–H groups in total. The highest BCUT2D eigenvalue weighted by molar-refractivity contribution is 8.00. The number of nitrogens with zero attached hydrogens (tertiary/aromatic N) is 8. The summed E-state index contributed by atoms with van der Waals surface area (Å²) in [6.45, 7) is 19.3. The quantitative estimate of drug-likeness (QED) is 0.0674. The number of rotatable bonds is 12. The molecule has 6 aromatic rings. The van der Waals surface area contributed by atoms with E-state index in [1.54, 1.807) is 18.3 Å². The highest BCUT2D eigenvalue weighted by atomic mass is 35.5. The minimum absolute atomic E-state index is 0.185. The van der Waals surface area contributed by atoms with Crippen LogP contribution in [-0.2, 0) is 26.8 Å². The molecule has 2 aliphatic heterocycles. The van der Waals surface area contributed by atoms with Crippen molar-refractivity contribution in [1.29, 1.82) is 0 Å². The molecule has 6 heterocycles. The lowest BCUT2D eigenvalue weighted by molar-refractivity contribution is -0.111. The fourth-order valence-electron chi connectivity index (χ4n) is 10.9. The molecule has 2 saturated carbocycles. The molecule has 396 valence electrons. The second kappa shape index (κ2) is 22.4. The number of anilines is 4. The Hall–Kier alpha value is -4.21. The maximum absolute atomic E-state index is 12.8. The normalized spacial score (nSPS) is 20.5. The summed E-state index contributed by atoms with van der Waals surface area (Å²) in [6, 6.07) is 11.8. The molecule has 74 heavy (non-hydrogen) atoms. The number of carbonyl (C=O) groups is 1. The van der Waals surface area contributed by atoms with Crippen LogP contribution in [0.5, 0.6) is 0 Å². The summed E-state index contributed by atoms with van der Waals surface area (Å²) in [6.07, 6.45) is 23.6. The van der Waals surface area contributed by atoms with Gasteiger partial charge in [0.25, 0.3) is 0 Å². The molecule has 0 unspecified atom stereocenters. The molecule has 2 aromatic carbocycles. The molecule has 10 rings (SSSR count). The van der Waals surface area contributed by atoms with Gasteiger partial charge in [-0.1, -0.05) is 78.3 Å². The summed E-state index contributed by atoms with van der Waals surface area (Å²) in [5.74, 6) is 1.47. The molecule has 4 fully saturated rings. The molecular weight excluding hydrogens is 1050 g/mol. The van der Waals surface area contributed by atoms with E-state index < -0.39 is 22.0 Å². The van der Waals surface area contributed by atoms with Gasteiger partial charge in [0, 0.05) is 85.2 Å². The van der Waals surface area contributed by atoms with Gasteiger partial charge in [-0.25, -0.2) is 37.8 Å². The zero-order chi connectivity index (χ0) is 52.6. The summed E-state index contributed by atoms with van der Waals surface area (Å²) in [4.78, 5) is 38.9. The van der Waals surface area contributed by atoms with Crippen molar-refractivity contribution in [3.63, 3.8) is 0 Å². The van der Waals surface area contributed by atoms with Crippen LogP contribution < -0.4 is 30.3 Å². The Labute approximate surface area is 458 Å². The average molecular weight is 1120 g/mol. The van der Waals surface area contributed by atoms with Crippen molar-refractivity contribution in [3.8, 4) is 0 Å². The SMILES string of the molecule is C=CC(=O)Nc1cccc(Sc2cnc(N3CCC4(CCC[C@H]4N[S@](=O)C(C)(C)C)CC3)n3ccnc23)c1Cl.CC(C)(C)[S@@](=O)N[C@@H]1CCCC12CCN(c1ncc(Sc3cccc(N)c3Cl)c3nccn13)CC2. The van der Waals surface area contributed by atoms with Crippen LogP contribution in [0, 0.1) is 10.8 Å². The predicted molar refractivity (Wildman–Crippen MR) is 305 cm³/mol. The van der Waals surface area contributed by atoms with E-state index in [1.165, 1.54) is 55.3 Å². The predicted octanol–water partition coefficient (Wildman–Crippen LogP) is 11.2. The van der Waals surface area contributed by atoms with Crippen LogP contribution in [0.3, 0.4) is 0 Å². The fourth-order valence-corrected chi connectivity index (χ4v) is 15.2. The summed E-state index contributed by atoms with van der Waals surface area (Å²) in [5.41, 5.74) is 9.15. The van der Waals surface area contributed by atoms with Gasteiger partial charge in [-0.05, 0) is 134 Å². The molecule has 15 nitrogen and oxygen atoms in total. The fraction of sp³-hybridized carbons (Fsp3) is 0.491. The summed E-state index contributed by atoms with van der Waals surface area (Å²) in [5, 5.41) is 3.76. The van der Waals surface area contributed by atoms with Gasteiger partial charge in [-0.2, -0.15) is 0 Å². The first kappa shape index (κ1) is 54.6. The van der Waals surface area contributed by atoms with E-state index in [4.69, 9.17) is 38.9 Å². The van der Waals surface area contributed by atoms with Gasteiger partial charge < -0.3 is 20.9 Å². The number of halogens is 2. The first-order valence-electron chi connectivity index (χ1n) is 25.4. The Bertz CT molecular complexity index is 3070. The van der Waals surface area contributed by atoms with E-state index in [-0.39, 0.29) is 32.3 Å². The van der Waals surface area contributed by atoms with Crippen LogP contribution >= 0.6 is 46.7 Å². The molecule has 2 saturated heterocycles. The standard InChI is InChI=1S/C28H35ClN6O2S2.C25H33ClN6OS2/c1-5-23(36)32-19-8-6-9-20(24(19)29)38-21-18-31-26(35-17-14-30-25(21)35)34-15-12-28(13-16-34)11-7-10-22(28)33-39(37)27(2,3)4;1-24(2,3)35(33)30-20-8-5-9-25(20)10-13-31(14-11-25)23-29-16-19(22-28-12-15-32(22)23)34-18-7-4-6-17(27)21(18)26/h5-6,8-9,14,17-18,22,33H,1,7,10-13,15-16H2,2-4H3,(H,32,36);4,6-7,12,15-16,20,30H,5,8-11,13-14,27H2,1-3H3/t22-,39-;20-,35-/m11/s1. The second-order valence-corrected chi connectivity index (χ2v) is 28.8. The maximum Gasteiger partial charge on any atom is 0.247 e. The number of nitrogens with two attached hydrogens (primary N) is 1. The first-order valence-corrected chi connectivity index (χ1v) is 30.1. The van der Waals surface area contributed by atoms with E-state index in [2.05, 4.69) is 45.5 Å². The average Bonchev–Trinajstić information content (AvgIpc) is 4.21. The van der Waals surface area contributed by atoms with Crippen LogP contribution in [0.1, 0.15) is 106 Å². The Balaban J connectivity index is 0.000000183. The third-order valence-electron chi connectivity index (χ3n) is 15.1. The lowest BCUT2D eigenvalue weighted by Gasteiger charge is -2.44. The first-order chi connectivity index (χ1) is 35.3. The topological polar surface area (TPSA) is 180 Å². The number of benzene rings is 2. The number of carbonyl (C=O) groups excluding carboxylic acids is 1. The van der Waals surface area contributed by atoms with E-state index in [0.29, 0.717) is 27.5 Å². The molecular formula is C53H68Cl2N12O3S4. The molecule has 1 amide bonds. The number of nitrogens with one attached hydrogen (secondary N) is 3. The van der Waals surface area contributed by atoms with Crippen LogP contribution in [0.4, 0.5) is 23.3 Å². The van der Waals surface area contributed by atoms with Gasteiger partial charge in [0.15, 0.2) is 11.3 Å². The number of amides is 1. The van der Waals surface area contributed by atoms with Crippen LogP contribution in [0.15, 0.2) is 106 Å². The second-order valence-electron chi connectivity index (χ2n) is 21.8. The Morgan fingerprint density at radius 2 is 1.14 bits per heavy atom. The largest absolute Gasteiger partial charge is 0.397 e. The smallest absolute Gasteiger partial charge is 0.247 e. The number of imidazole rings is 2. The molecule has 4 aromatic heterocycles. The highest BCUT2D eigenvalue weighted by Crippen LogP contribution is 2.49. The van der Waals surface area contributed by atoms with Crippen molar-refractivity contribution >= 4 is 109 Å². The minimum Gasteiger partial charge on any atom is -0.397 e. The van der Waals surface area contributed by atoms with Gasteiger partial charge in [0.05, 0.1) is 62.7 Å². The summed E-state index contributed by atoms with van der Waals surface area (Å²) >= 11 is 16.0. The lowest BCUT2D eigenvalue weighted by Crippen LogP contribution is -2.51. The van der Waals surface area contributed by atoms with Crippen LogP contribution in [0.2, 0.25) is 10.0 Å². The molecule has 21 heteroatoms. The molecule has 4 aliphatic rings. The third kappa shape index (κ3) is 11.6. The Morgan fingerprint density at radius 1 is 0.689 bits per heavy atom. The van der Waals surface area contributed by atoms with Crippen molar-refractivity contribution < 1.29 is 13.2 Å². The Kier molecular flexibility index (Phi) is 16.5. The zero-order valence-corrected chi connectivity index (χ0v) is 47.8. The van der Waals surface area contributed by atoms with Crippen LogP contribution in [0.25, 0.3) is 11.3 Å². The Morgan fingerprint density at radius 3 is 1.58 bits per heavy atom. The van der Waals surface area contributed by atoms with Gasteiger partial charge in [0.1, 0.15) is 0 Å². The third-order valence-corrected chi connectivity index (χ3v) is 21.5. The van der Waals surface area contributed by atoms with Crippen molar-refractivity contribution in [2.24, 2.45) is 10.8 Å². The van der Waals surface area contributed by atoms with E-state index >= 15 is 0 Å². The lowest BCUT2D eigenvalue weighted by atomic mass is 9.74. The number of aromatic nitrogens is 6. The van der Waals surface area contributed by atoms with Gasteiger partial charge in [0.2, 0.25) is 17.8 Å². The minimum atomic E-state index is -1.06. The van der Waals surface area contributed by atoms with Gasteiger partial charge in [-0.3, -0.25) is 13.6 Å². The zero-order valence-electron chi connectivity index (χ0n) is 43.0. The maximum atomic E-state index is 12.8. The molecule has 0 radical (unpaired) electrons. The summed E-state index contributed by atoms with van der Waals surface area (Å²) < 4.78 is 36.2. The number of fused-ring (bicyclic) bond motifs is 2. The van der Waals surface area contributed by atoms with Gasteiger partial charge >= 0.3 is 0 Å². The molecule has 4 atom stereocenters. The number of nitrogen functional groups attached to an aromatic ring is 1. The van der Waals surface area contributed by atoms with Crippen molar-refractivity contribution in [2.75, 3.05) is 47.0 Å². The number of hydrogen-bond acceptors (Lipinski definition) is 12.